The molecule has 1 N–H and O–H groups in total. The predicted octanol–water partition coefficient (Wildman–Crippen LogP) is 3.45. The fraction of sp³-hybridized carbons (Fsp3) is 0.345. The Hall–Kier alpha value is -3.91. The number of fused-ring (bicyclic) bond motifs is 2. The minimum atomic E-state index is -0.193. The van der Waals surface area contributed by atoms with Gasteiger partial charge < -0.3 is 14.6 Å². The number of nitrogens with zero attached hydrogens (tertiary/aromatic N) is 4. The summed E-state index contributed by atoms with van der Waals surface area (Å²) in [5.41, 5.74) is 5.07. The molecule has 0 atom stereocenters. The van der Waals surface area contributed by atoms with Crippen LogP contribution in [0.3, 0.4) is 0 Å². The topological polar surface area (TPSA) is 80.9 Å². The molecule has 0 saturated heterocycles. The summed E-state index contributed by atoms with van der Waals surface area (Å²) in [6.07, 6.45) is 4.01. The molecule has 4 aromatic rings. The Morgan fingerprint density at radius 3 is 2.59 bits per heavy atom. The number of aryl methyl sites for hydroxylation is 2. The smallest absolute Gasteiger partial charge is 0.279 e. The number of rotatable bonds is 9. The Morgan fingerprint density at radius 1 is 1.08 bits per heavy atom. The quantitative estimate of drug-likeness (QED) is 0.357. The molecular weight excluding hydrogens is 466 g/mol. The zero-order valence-electron chi connectivity index (χ0n) is 21.4. The minimum Gasteiger partial charge on any atom is -0.497 e. The fourth-order valence-electron chi connectivity index (χ4n) is 5.16. The lowest BCUT2D eigenvalue weighted by molar-refractivity contribution is 0.0954. The average Bonchev–Trinajstić information content (AvgIpc) is 3.38. The third-order valence-corrected chi connectivity index (χ3v) is 7.07. The first-order valence-electron chi connectivity index (χ1n) is 12.9. The van der Waals surface area contributed by atoms with Crippen LogP contribution in [0.15, 0.2) is 65.6 Å². The van der Waals surface area contributed by atoms with Crippen molar-refractivity contribution >= 4 is 11.6 Å². The van der Waals surface area contributed by atoms with Gasteiger partial charge in [-0.15, -0.1) is 0 Å². The second-order valence-corrected chi connectivity index (χ2v) is 9.42. The number of hydrogen-bond donors (Lipinski definition) is 1. The zero-order valence-corrected chi connectivity index (χ0v) is 21.4. The lowest BCUT2D eigenvalue weighted by atomic mass is 10.0. The molecule has 1 aliphatic heterocycles. The van der Waals surface area contributed by atoms with Crippen LogP contribution in [0.2, 0.25) is 0 Å². The van der Waals surface area contributed by atoms with Crippen molar-refractivity contribution in [3.63, 3.8) is 0 Å². The maximum absolute atomic E-state index is 13.5. The Bertz CT molecular complexity index is 1440. The number of methoxy groups -OCH3 is 1. The molecule has 8 nitrogen and oxygen atoms in total. The molecule has 3 heterocycles. The third kappa shape index (κ3) is 5.15. The van der Waals surface area contributed by atoms with Crippen LogP contribution in [0, 0.1) is 0 Å². The summed E-state index contributed by atoms with van der Waals surface area (Å²) >= 11 is 0. The second kappa shape index (κ2) is 11.0. The molecular formula is C29H33N5O3. The number of ether oxygens (including phenoxy) is 1. The van der Waals surface area contributed by atoms with Gasteiger partial charge in [0.25, 0.3) is 11.5 Å². The number of carbonyl (C=O) groups is 1. The molecule has 0 bridgehead atoms. The van der Waals surface area contributed by atoms with Gasteiger partial charge in [-0.05, 0) is 43.0 Å². The number of benzene rings is 2. The lowest BCUT2D eigenvalue weighted by Gasteiger charge is -2.30. The van der Waals surface area contributed by atoms with Gasteiger partial charge in [0.2, 0.25) is 0 Å². The first-order valence-corrected chi connectivity index (χ1v) is 12.9. The molecule has 0 unspecified atom stereocenters. The van der Waals surface area contributed by atoms with Crippen molar-refractivity contribution in [2.45, 2.75) is 45.8 Å². The molecule has 0 spiro atoms. The van der Waals surface area contributed by atoms with Crippen LogP contribution in [0.1, 0.15) is 46.1 Å². The number of hydrogen-bond acceptors (Lipinski definition) is 5. The van der Waals surface area contributed by atoms with Crippen LogP contribution < -0.4 is 15.6 Å². The Morgan fingerprint density at radius 2 is 1.86 bits per heavy atom. The van der Waals surface area contributed by atoms with Crippen LogP contribution >= 0.6 is 0 Å². The van der Waals surface area contributed by atoms with Gasteiger partial charge >= 0.3 is 0 Å². The van der Waals surface area contributed by atoms with Crippen LogP contribution in [0.4, 0.5) is 0 Å². The van der Waals surface area contributed by atoms with Crippen molar-refractivity contribution in [3.05, 3.63) is 99.1 Å². The SMILES string of the molecule is CCn1c2c(c(=O)n3ncc(C(=O)NCCCc4ccccc4)c13)CN(Cc1ccc(OC)cc1)CC2. The summed E-state index contributed by atoms with van der Waals surface area (Å²) in [6.45, 7) is 5.41. The second-order valence-electron chi connectivity index (χ2n) is 9.42. The maximum atomic E-state index is 13.5. The predicted molar refractivity (Wildman–Crippen MR) is 143 cm³/mol. The van der Waals surface area contributed by atoms with E-state index in [4.69, 9.17) is 4.74 Å². The number of aromatic nitrogens is 3. The largest absolute Gasteiger partial charge is 0.497 e. The van der Waals surface area contributed by atoms with Crippen LogP contribution in [-0.2, 0) is 32.5 Å². The Labute approximate surface area is 216 Å². The highest BCUT2D eigenvalue weighted by atomic mass is 16.5. The van der Waals surface area contributed by atoms with Crippen LogP contribution in [0.25, 0.3) is 5.65 Å². The highest BCUT2D eigenvalue weighted by Gasteiger charge is 2.27. The van der Waals surface area contributed by atoms with Crippen molar-refractivity contribution in [2.24, 2.45) is 0 Å². The summed E-state index contributed by atoms with van der Waals surface area (Å²) in [5, 5.41) is 7.37. The van der Waals surface area contributed by atoms with E-state index in [1.807, 2.05) is 37.3 Å². The maximum Gasteiger partial charge on any atom is 0.279 e. The van der Waals surface area contributed by atoms with E-state index in [9.17, 15) is 9.59 Å². The molecule has 0 radical (unpaired) electrons. The lowest BCUT2D eigenvalue weighted by Crippen LogP contribution is -2.38. The molecule has 0 saturated carbocycles. The van der Waals surface area contributed by atoms with Gasteiger partial charge in [0.05, 0.1) is 18.9 Å². The van der Waals surface area contributed by atoms with E-state index < -0.39 is 0 Å². The monoisotopic (exact) mass is 499 g/mol. The first kappa shape index (κ1) is 24.8. The van der Waals surface area contributed by atoms with E-state index >= 15 is 0 Å². The van der Waals surface area contributed by atoms with Crippen molar-refractivity contribution < 1.29 is 9.53 Å². The standard InChI is InChI=1S/C29H33N5O3/c1-3-33-26-15-17-32(19-22-11-13-23(37-2)14-12-22)20-25(26)29(36)34-28(33)24(18-31-34)27(35)30-16-7-10-21-8-5-4-6-9-21/h4-6,8-9,11-14,18H,3,7,10,15-17,19-20H2,1-2H3,(H,30,35). The van der Waals surface area contributed by atoms with Crippen molar-refractivity contribution in [1.29, 1.82) is 0 Å². The third-order valence-electron chi connectivity index (χ3n) is 7.07. The van der Waals surface area contributed by atoms with E-state index in [-0.39, 0.29) is 11.5 Å². The summed E-state index contributed by atoms with van der Waals surface area (Å²) in [5.74, 6) is 0.636. The van der Waals surface area contributed by atoms with Crippen molar-refractivity contribution in [2.75, 3.05) is 20.2 Å². The van der Waals surface area contributed by atoms with E-state index in [1.165, 1.54) is 21.8 Å². The van der Waals surface area contributed by atoms with Gasteiger partial charge in [-0.3, -0.25) is 14.5 Å². The van der Waals surface area contributed by atoms with E-state index in [1.54, 1.807) is 7.11 Å². The van der Waals surface area contributed by atoms with Gasteiger partial charge in [-0.25, -0.2) is 0 Å². The van der Waals surface area contributed by atoms with Crippen LogP contribution in [0.5, 0.6) is 5.75 Å². The van der Waals surface area contributed by atoms with E-state index in [2.05, 4.69) is 44.1 Å². The van der Waals surface area contributed by atoms with Crippen molar-refractivity contribution in [1.82, 2.24) is 24.4 Å². The fourth-order valence-corrected chi connectivity index (χ4v) is 5.16. The molecule has 8 heteroatoms. The summed E-state index contributed by atoms with van der Waals surface area (Å²) in [4.78, 5) is 28.8. The zero-order chi connectivity index (χ0) is 25.8. The van der Waals surface area contributed by atoms with Gasteiger partial charge in [-0.2, -0.15) is 9.61 Å². The Kier molecular flexibility index (Phi) is 7.37. The molecule has 5 rings (SSSR count). The molecule has 0 fully saturated rings. The highest BCUT2D eigenvalue weighted by Crippen LogP contribution is 2.22. The number of amides is 1. The highest BCUT2D eigenvalue weighted by molar-refractivity contribution is 5.99. The average molecular weight is 500 g/mol. The number of nitrogens with one attached hydrogen (secondary N) is 1. The van der Waals surface area contributed by atoms with Gasteiger partial charge in [-0.1, -0.05) is 42.5 Å². The van der Waals surface area contributed by atoms with Crippen LogP contribution in [-0.4, -0.2) is 45.2 Å². The van der Waals surface area contributed by atoms with Gasteiger partial charge in [0.1, 0.15) is 11.3 Å². The number of carbonyl (C=O) groups excluding carboxylic acids is 1. The molecule has 0 aliphatic carbocycles. The van der Waals surface area contributed by atoms with E-state index in [0.29, 0.717) is 30.8 Å². The molecule has 192 valence electrons. The molecule has 2 aromatic heterocycles. The summed E-state index contributed by atoms with van der Waals surface area (Å²) in [7, 11) is 1.66. The first-order chi connectivity index (χ1) is 18.1. The van der Waals surface area contributed by atoms with E-state index in [0.717, 1.165) is 49.4 Å². The van der Waals surface area contributed by atoms with Gasteiger partial charge in [0, 0.05) is 44.8 Å². The minimum absolute atomic E-state index is 0.141. The molecule has 1 amide bonds. The normalized spacial score (nSPS) is 13.5. The van der Waals surface area contributed by atoms with Gasteiger partial charge in [0.15, 0.2) is 5.65 Å². The van der Waals surface area contributed by atoms with Crippen molar-refractivity contribution in [3.8, 4) is 5.75 Å². The molecule has 1 aliphatic rings. The molecule has 2 aromatic carbocycles. The summed E-state index contributed by atoms with van der Waals surface area (Å²) in [6, 6.07) is 18.3. The molecule has 37 heavy (non-hydrogen) atoms. The Balaban J connectivity index is 1.34. The summed E-state index contributed by atoms with van der Waals surface area (Å²) < 4.78 is 8.75.